The highest BCUT2D eigenvalue weighted by molar-refractivity contribution is 9.10. The van der Waals surface area contributed by atoms with Crippen molar-refractivity contribution in [2.24, 2.45) is 0 Å². The van der Waals surface area contributed by atoms with Gasteiger partial charge in [0.15, 0.2) is 17.3 Å². The van der Waals surface area contributed by atoms with E-state index in [0.29, 0.717) is 34.8 Å². The second-order valence-electron chi connectivity index (χ2n) is 8.80. The molecule has 1 aromatic heterocycles. The third kappa shape index (κ3) is 5.62. The number of thioether (sulfide) groups is 1. The molecule has 0 spiro atoms. The van der Waals surface area contributed by atoms with Crippen LogP contribution < -0.4 is 14.8 Å². The maximum absolute atomic E-state index is 12.8. The van der Waals surface area contributed by atoms with E-state index in [1.165, 1.54) is 5.56 Å². The number of nitrogens with one attached hydrogen (secondary N) is 1. The molecule has 36 heavy (non-hydrogen) atoms. The van der Waals surface area contributed by atoms with E-state index in [0.717, 1.165) is 39.9 Å². The van der Waals surface area contributed by atoms with Gasteiger partial charge < -0.3 is 14.8 Å². The summed E-state index contributed by atoms with van der Waals surface area (Å²) in [4.78, 5) is 17.5. The Labute approximate surface area is 224 Å². The summed E-state index contributed by atoms with van der Waals surface area (Å²) in [6.07, 6.45) is 2.21. The van der Waals surface area contributed by atoms with Crippen molar-refractivity contribution >= 4 is 39.4 Å². The van der Waals surface area contributed by atoms with Crippen LogP contribution in [0, 0.1) is 6.92 Å². The highest BCUT2D eigenvalue weighted by Crippen LogP contribution is 2.43. The van der Waals surface area contributed by atoms with Gasteiger partial charge in [-0.3, -0.25) is 4.79 Å². The molecule has 4 rings (SSSR count). The van der Waals surface area contributed by atoms with E-state index in [1.54, 1.807) is 30.5 Å². The van der Waals surface area contributed by atoms with Gasteiger partial charge in [-0.2, -0.15) is 4.98 Å². The number of halogens is 1. The standard InChI is InChI=1S/C27H31BrN4O3S/c1-6-7-11-36-27-30-26-29-17(3)23(18(4)33)24(32(26)31-27)20-13-21(28)25(22(14-20)34-5)35-15-19-10-8-9-16(2)12-19/h8-10,12-14,24H,6-7,11,15H2,1-5H3,(H,29,30,31). The first-order valence-electron chi connectivity index (χ1n) is 12.0. The Bertz CT molecular complexity index is 1300. The van der Waals surface area contributed by atoms with Crippen LogP contribution in [0.25, 0.3) is 0 Å². The lowest BCUT2D eigenvalue weighted by Crippen LogP contribution is -2.28. The van der Waals surface area contributed by atoms with Crippen LogP contribution in [0.4, 0.5) is 5.95 Å². The number of ketones is 1. The number of aryl methyl sites for hydroxylation is 1. The predicted octanol–water partition coefficient (Wildman–Crippen LogP) is 6.71. The van der Waals surface area contributed by atoms with Crippen LogP contribution in [0.1, 0.15) is 56.3 Å². The van der Waals surface area contributed by atoms with E-state index in [1.807, 2.05) is 31.2 Å². The van der Waals surface area contributed by atoms with Crippen LogP contribution in [0.3, 0.4) is 0 Å². The molecule has 1 aliphatic heterocycles. The molecule has 0 bridgehead atoms. The molecule has 1 unspecified atom stereocenters. The molecule has 0 radical (unpaired) electrons. The average molecular weight is 572 g/mol. The summed E-state index contributed by atoms with van der Waals surface area (Å²) in [5.41, 5.74) is 4.51. The number of carbonyl (C=O) groups excluding carboxylic acids is 1. The quantitative estimate of drug-likeness (QED) is 0.214. The molecule has 0 fully saturated rings. The fraction of sp³-hybridized carbons (Fsp3) is 0.370. The van der Waals surface area contributed by atoms with Crippen molar-refractivity contribution in [1.29, 1.82) is 0 Å². The number of aromatic nitrogens is 3. The number of hydrogen-bond donors (Lipinski definition) is 1. The number of Topliss-reactive ketones (excluding diaryl/α,β-unsaturated/α-hetero) is 1. The number of rotatable bonds is 10. The lowest BCUT2D eigenvalue weighted by Gasteiger charge is -2.28. The van der Waals surface area contributed by atoms with E-state index in [4.69, 9.17) is 14.6 Å². The Balaban J connectivity index is 1.71. The van der Waals surface area contributed by atoms with Crippen LogP contribution in [0.15, 0.2) is 57.3 Å². The predicted molar refractivity (Wildman–Crippen MR) is 147 cm³/mol. The van der Waals surface area contributed by atoms with Gasteiger partial charge in [0.05, 0.1) is 11.6 Å². The van der Waals surface area contributed by atoms with E-state index >= 15 is 0 Å². The minimum absolute atomic E-state index is 0.0267. The maximum atomic E-state index is 12.8. The van der Waals surface area contributed by atoms with Crippen molar-refractivity contribution in [3.05, 3.63) is 68.8 Å². The van der Waals surface area contributed by atoms with Crippen molar-refractivity contribution in [3.8, 4) is 11.5 Å². The zero-order valence-electron chi connectivity index (χ0n) is 21.2. The third-order valence-corrected chi connectivity index (χ3v) is 7.49. The van der Waals surface area contributed by atoms with Gasteiger partial charge >= 0.3 is 0 Å². The van der Waals surface area contributed by atoms with Gasteiger partial charge in [0.2, 0.25) is 11.1 Å². The molecule has 0 saturated carbocycles. The summed E-state index contributed by atoms with van der Waals surface area (Å²) < 4.78 is 14.4. The average Bonchev–Trinajstić information content (AvgIpc) is 3.24. The fourth-order valence-corrected chi connectivity index (χ4v) is 5.75. The smallest absolute Gasteiger partial charge is 0.227 e. The number of carbonyl (C=O) groups is 1. The Kier molecular flexibility index (Phi) is 8.41. The first kappa shape index (κ1) is 26.3. The molecule has 9 heteroatoms. The van der Waals surface area contributed by atoms with Crippen LogP contribution in [0.5, 0.6) is 11.5 Å². The SMILES string of the molecule is CCCCSc1nc2n(n1)C(c1cc(Br)c(OCc3cccc(C)c3)c(OC)c1)C(C(C)=O)=C(C)N2. The molecule has 0 aliphatic carbocycles. The number of methoxy groups -OCH3 is 1. The lowest BCUT2D eigenvalue weighted by atomic mass is 9.93. The third-order valence-electron chi connectivity index (χ3n) is 5.97. The molecule has 0 amide bonds. The molecular formula is C27H31BrN4O3S. The van der Waals surface area contributed by atoms with Gasteiger partial charge in [-0.15, -0.1) is 5.10 Å². The summed E-state index contributed by atoms with van der Waals surface area (Å²) in [5, 5.41) is 8.73. The Morgan fingerprint density at radius 2 is 2.06 bits per heavy atom. The molecule has 1 atom stereocenters. The van der Waals surface area contributed by atoms with Crippen LogP contribution >= 0.6 is 27.7 Å². The Morgan fingerprint density at radius 1 is 1.25 bits per heavy atom. The summed E-state index contributed by atoms with van der Waals surface area (Å²) in [5.74, 6) is 2.72. The number of fused-ring (bicyclic) bond motifs is 1. The molecule has 1 N–H and O–H groups in total. The zero-order chi connectivity index (χ0) is 25.8. The van der Waals surface area contributed by atoms with Crippen molar-refractivity contribution in [3.63, 3.8) is 0 Å². The topological polar surface area (TPSA) is 78.3 Å². The minimum atomic E-state index is -0.442. The van der Waals surface area contributed by atoms with E-state index < -0.39 is 6.04 Å². The number of allylic oxidation sites excluding steroid dienone is 2. The molecule has 2 heterocycles. The van der Waals surface area contributed by atoms with Gasteiger partial charge in [0.1, 0.15) is 12.6 Å². The van der Waals surface area contributed by atoms with Crippen LogP contribution in [-0.4, -0.2) is 33.4 Å². The molecule has 1 aliphatic rings. The van der Waals surface area contributed by atoms with E-state index in [9.17, 15) is 4.79 Å². The van der Waals surface area contributed by atoms with Gasteiger partial charge in [-0.05, 0) is 66.4 Å². The van der Waals surface area contributed by atoms with Crippen molar-refractivity contribution < 1.29 is 14.3 Å². The van der Waals surface area contributed by atoms with Gasteiger partial charge in [-0.25, -0.2) is 4.68 Å². The van der Waals surface area contributed by atoms with Crippen LogP contribution in [0.2, 0.25) is 0 Å². The molecule has 3 aromatic rings. The summed E-state index contributed by atoms with van der Waals surface area (Å²) in [6, 6.07) is 11.6. The summed E-state index contributed by atoms with van der Waals surface area (Å²) in [6.45, 7) is 8.11. The summed E-state index contributed by atoms with van der Waals surface area (Å²) in [7, 11) is 1.61. The highest BCUT2D eigenvalue weighted by Gasteiger charge is 2.33. The first-order chi connectivity index (χ1) is 17.3. The highest BCUT2D eigenvalue weighted by atomic mass is 79.9. The Morgan fingerprint density at radius 3 is 2.75 bits per heavy atom. The minimum Gasteiger partial charge on any atom is -0.493 e. The van der Waals surface area contributed by atoms with Crippen molar-refractivity contribution in [1.82, 2.24) is 14.8 Å². The normalized spacial score (nSPS) is 14.9. The van der Waals surface area contributed by atoms with E-state index in [2.05, 4.69) is 52.2 Å². The number of benzene rings is 2. The second-order valence-corrected chi connectivity index (χ2v) is 10.7. The molecule has 0 saturated heterocycles. The van der Waals surface area contributed by atoms with Gasteiger partial charge in [0.25, 0.3) is 0 Å². The van der Waals surface area contributed by atoms with E-state index in [-0.39, 0.29) is 5.78 Å². The number of nitrogens with zero attached hydrogens (tertiary/aromatic N) is 3. The molecular weight excluding hydrogens is 540 g/mol. The maximum Gasteiger partial charge on any atom is 0.227 e. The van der Waals surface area contributed by atoms with Crippen molar-refractivity contribution in [2.45, 2.75) is 58.3 Å². The first-order valence-corrected chi connectivity index (χ1v) is 13.7. The van der Waals surface area contributed by atoms with Gasteiger partial charge in [0, 0.05) is 17.0 Å². The van der Waals surface area contributed by atoms with Crippen molar-refractivity contribution in [2.75, 3.05) is 18.2 Å². The zero-order valence-corrected chi connectivity index (χ0v) is 23.6. The number of unbranched alkanes of at least 4 members (excludes halogenated alkanes) is 1. The summed E-state index contributed by atoms with van der Waals surface area (Å²) >= 11 is 5.31. The van der Waals surface area contributed by atoms with Crippen LogP contribution in [-0.2, 0) is 11.4 Å². The lowest BCUT2D eigenvalue weighted by molar-refractivity contribution is -0.114. The number of anilines is 1. The fourth-order valence-electron chi connectivity index (χ4n) is 4.26. The number of hydrogen-bond acceptors (Lipinski definition) is 7. The Hall–Kier alpha value is -2.78. The number of ether oxygens (including phenoxy) is 2. The van der Waals surface area contributed by atoms with Gasteiger partial charge in [-0.1, -0.05) is 54.9 Å². The molecule has 2 aromatic carbocycles. The second kappa shape index (κ2) is 11.5. The monoisotopic (exact) mass is 570 g/mol. The molecule has 7 nitrogen and oxygen atoms in total. The largest absolute Gasteiger partial charge is 0.493 e. The molecule has 190 valence electrons.